The molecule has 1 aliphatic heterocycles. The molecule has 3 rings (SSSR count). The van der Waals surface area contributed by atoms with Crippen molar-refractivity contribution in [2.75, 3.05) is 18.1 Å². The van der Waals surface area contributed by atoms with Crippen molar-refractivity contribution in [2.45, 2.75) is 44.6 Å². The van der Waals surface area contributed by atoms with Gasteiger partial charge in [-0.15, -0.1) is 0 Å². The van der Waals surface area contributed by atoms with E-state index in [1.165, 1.54) is 6.92 Å². The van der Waals surface area contributed by atoms with Gasteiger partial charge in [0.15, 0.2) is 0 Å². The largest absolute Gasteiger partial charge is 0.494 e. The predicted molar refractivity (Wildman–Crippen MR) is 109 cm³/mol. The molecule has 1 unspecified atom stereocenters. The number of benzene rings is 2. The number of rotatable bonds is 7. The molecule has 0 spiro atoms. The van der Waals surface area contributed by atoms with Crippen LogP contribution in [0.25, 0.3) is 0 Å². The van der Waals surface area contributed by atoms with Crippen LogP contribution in [0.3, 0.4) is 0 Å². The molecule has 2 aromatic carbocycles. The van der Waals surface area contributed by atoms with Crippen LogP contribution >= 0.6 is 0 Å². The van der Waals surface area contributed by atoms with Crippen LogP contribution in [-0.2, 0) is 21.2 Å². The Hall–Kier alpha value is -2.38. The normalized spacial score (nSPS) is 16.1. The predicted octanol–water partition coefficient (Wildman–Crippen LogP) is 3.04. The smallest absolute Gasteiger partial charge is 0.240 e. The van der Waals surface area contributed by atoms with Gasteiger partial charge in [0.25, 0.3) is 0 Å². The van der Waals surface area contributed by atoms with Crippen LogP contribution in [0.1, 0.15) is 31.4 Å². The lowest BCUT2D eigenvalue weighted by Crippen LogP contribution is -2.33. The van der Waals surface area contributed by atoms with E-state index in [1.807, 2.05) is 38.1 Å². The lowest BCUT2D eigenvalue weighted by Gasteiger charge is -2.20. The van der Waals surface area contributed by atoms with Crippen molar-refractivity contribution in [3.05, 3.63) is 53.6 Å². The number of ether oxygens (including phenoxy) is 1. The average Bonchev–Trinajstić information content (AvgIpc) is 2.96. The highest BCUT2D eigenvalue weighted by molar-refractivity contribution is 7.89. The van der Waals surface area contributed by atoms with Gasteiger partial charge >= 0.3 is 0 Å². The van der Waals surface area contributed by atoms with Gasteiger partial charge in [-0.1, -0.05) is 12.1 Å². The quantitative estimate of drug-likeness (QED) is 0.723. The fraction of sp³-hybridized carbons (Fsp3) is 0.381. The molecule has 150 valence electrons. The van der Waals surface area contributed by atoms with Crippen LogP contribution < -0.4 is 14.4 Å². The van der Waals surface area contributed by atoms with E-state index in [2.05, 4.69) is 4.72 Å². The first kappa shape index (κ1) is 20.4. The van der Waals surface area contributed by atoms with Gasteiger partial charge in [-0.25, -0.2) is 13.1 Å². The van der Waals surface area contributed by atoms with Crippen LogP contribution in [0.2, 0.25) is 0 Å². The number of amides is 1. The highest BCUT2D eigenvalue weighted by Crippen LogP contribution is 2.33. The molecule has 7 heteroatoms. The summed E-state index contributed by atoms with van der Waals surface area (Å²) in [6.07, 6.45) is 1.22. The number of anilines is 1. The first-order valence-corrected chi connectivity index (χ1v) is 10.9. The van der Waals surface area contributed by atoms with Crippen molar-refractivity contribution in [2.24, 2.45) is 0 Å². The Balaban J connectivity index is 1.57. The van der Waals surface area contributed by atoms with Crippen molar-refractivity contribution in [3.63, 3.8) is 0 Å². The molecule has 1 heterocycles. The first-order valence-electron chi connectivity index (χ1n) is 9.40. The number of nitrogens with zero attached hydrogens (tertiary/aromatic N) is 1. The van der Waals surface area contributed by atoms with E-state index in [4.69, 9.17) is 4.74 Å². The second-order valence-electron chi connectivity index (χ2n) is 7.15. The maximum Gasteiger partial charge on any atom is 0.240 e. The van der Waals surface area contributed by atoms with Gasteiger partial charge in [0.05, 0.1) is 11.5 Å². The number of nitrogens with one attached hydrogen (secondary N) is 1. The monoisotopic (exact) mass is 402 g/mol. The highest BCUT2D eigenvalue weighted by Gasteiger charge is 2.30. The van der Waals surface area contributed by atoms with E-state index < -0.39 is 10.0 Å². The summed E-state index contributed by atoms with van der Waals surface area (Å²) in [4.78, 5) is 13.7. The van der Waals surface area contributed by atoms with Gasteiger partial charge in [0, 0.05) is 25.2 Å². The van der Waals surface area contributed by atoms with Crippen LogP contribution in [0.15, 0.2) is 47.4 Å². The Labute approximate surface area is 166 Å². The maximum absolute atomic E-state index is 12.6. The zero-order valence-electron chi connectivity index (χ0n) is 16.4. The molecule has 0 saturated heterocycles. The third-order valence-corrected chi connectivity index (χ3v) is 6.25. The summed E-state index contributed by atoms with van der Waals surface area (Å²) in [5, 5.41) is 0. The van der Waals surface area contributed by atoms with Crippen molar-refractivity contribution < 1.29 is 17.9 Å². The molecule has 0 aromatic heterocycles. The maximum atomic E-state index is 12.6. The van der Waals surface area contributed by atoms with Crippen LogP contribution in [0.5, 0.6) is 5.75 Å². The summed E-state index contributed by atoms with van der Waals surface area (Å²) in [6, 6.07) is 12.7. The Morgan fingerprint density at radius 3 is 2.75 bits per heavy atom. The number of fused-ring (bicyclic) bond motifs is 1. The van der Waals surface area contributed by atoms with Crippen LogP contribution in [0.4, 0.5) is 5.69 Å². The molecule has 2 aromatic rings. The van der Waals surface area contributed by atoms with E-state index >= 15 is 0 Å². The minimum atomic E-state index is -3.60. The summed E-state index contributed by atoms with van der Waals surface area (Å²) in [5.41, 5.74) is 2.80. The second kappa shape index (κ2) is 8.32. The Morgan fingerprint density at radius 1 is 1.25 bits per heavy atom. The van der Waals surface area contributed by atoms with Gasteiger partial charge in [-0.05, 0) is 68.1 Å². The third kappa shape index (κ3) is 4.54. The van der Waals surface area contributed by atoms with Crippen molar-refractivity contribution in [3.8, 4) is 5.75 Å². The van der Waals surface area contributed by atoms with Gasteiger partial charge in [-0.3, -0.25) is 4.79 Å². The van der Waals surface area contributed by atoms with Gasteiger partial charge in [0.1, 0.15) is 5.75 Å². The van der Waals surface area contributed by atoms with E-state index in [0.29, 0.717) is 26.0 Å². The standard InChI is InChI=1S/C21H26N2O4S/c1-15-6-4-7-19(12-15)27-11-5-10-22-28(25,26)20-8-9-21-18(14-20)13-16(2)23(21)17(3)24/h4,6-9,12,14,16,22H,5,10-11,13H2,1-3H3. The highest BCUT2D eigenvalue weighted by atomic mass is 32.2. The molecule has 1 atom stereocenters. The van der Waals surface area contributed by atoms with Gasteiger partial charge in [0.2, 0.25) is 15.9 Å². The van der Waals surface area contributed by atoms with E-state index in [0.717, 1.165) is 22.6 Å². The minimum Gasteiger partial charge on any atom is -0.494 e. The molecule has 1 N–H and O–H groups in total. The first-order chi connectivity index (χ1) is 13.3. The van der Waals surface area contributed by atoms with Crippen molar-refractivity contribution in [1.82, 2.24) is 4.72 Å². The SMILES string of the molecule is CC(=O)N1c2ccc(S(=O)(=O)NCCCOc3cccc(C)c3)cc2CC1C. The van der Waals surface area contributed by atoms with Crippen LogP contribution in [0, 0.1) is 6.92 Å². The van der Waals surface area contributed by atoms with Crippen molar-refractivity contribution >= 4 is 21.6 Å². The summed E-state index contributed by atoms with van der Waals surface area (Å²) in [7, 11) is -3.60. The number of aryl methyl sites for hydroxylation is 1. The summed E-state index contributed by atoms with van der Waals surface area (Å²) < 4.78 is 33.4. The fourth-order valence-electron chi connectivity index (χ4n) is 3.51. The second-order valence-corrected chi connectivity index (χ2v) is 8.92. The molecule has 28 heavy (non-hydrogen) atoms. The summed E-state index contributed by atoms with van der Waals surface area (Å²) in [6.45, 7) is 6.20. The average molecular weight is 403 g/mol. The number of hydrogen-bond acceptors (Lipinski definition) is 4. The summed E-state index contributed by atoms with van der Waals surface area (Å²) >= 11 is 0. The van der Waals surface area contributed by atoms with Gasteiger partial charge in [-0.2, -0.15) is 0 Å². The number of hydrogen-bond donors (Lipinski definition) is 1. The molecule has 1 aliphatic rings. The van der Waals surface area contributed by atoms with E-state index in [-0.39, 0.29) is 16.8 Å². The zero-order chi connectivity index (χ0) is 20.3. The minimum absolute atomic E-state index is 0.0337. The summed E-state index contributed by atoms with van der Waals surface area (Å²) in [5.74, 6) is 0.749. The van der Waals surface area contributed by atoms with Crippen LogP contribution in [-0.4, -0.2) is 33.5 Å². The molecule has 6 nitrogen and oxygen atoms in total. The molecule has 1 amide bonds. The Morgan fingerprint density at radius 2 is 2.04 bits per heavy atom. The fourth-order valence-corrected chi connectivity index (χ4v) is 4.64. The Kier molecular flexibility index (Phi) is 6.05. The van der Waals surface area contributed by atoms with Crippen molar-refractivity contribution in [1.29, 1.82) is 0 Å². The lowest BCUT2D eigenvalue weighted by molar-refractivity contribution is -0.116. The molecular weight excluding hydrogens is 376 g/mol. The van der Waals surface area contributed by atoms with Gasteiger partial charge < -0.3 is 9.64 Å². The zero-order valence-corrected chi connectivity index (χ0v) is 17.3. The molecule has 0 saturated carbocycles. The molecule has 0 fully saturated rings. The number of carbonyl (C=O) groups is 1. The van der Waals surface area contributed by atoms with E-state index in [9.17, 15) is 13.2 Å². The molecule has 0 radical (unpaired) electrons. The molecule has 0 bridgehead atoms. The number of sulfonamides is 1. The molecule has 0 aliphatic carbocycles. The topological polar surface area (TPSA) is 75.7 Å². The molecular formula is C21H26N2O4S. The third-order valence-electron chi connectivity index (χ3n) is 4.79. The van der Waals surface area contributed by atoms with E-state index in [1.54, 1.807) is 23.1 Å². The Bertz CT molecular complexity index is 972. The lowest BCUT2D eigenvalue weighted by atomic mass is 10.1. The number of carbonyl (C=O) groups excluding carboxylic acids is 1.